The van der Waals surface area contributed by atoms with E-state index in [1.54, 1.807) is 19.1 Å². The van der Waals surface area contributed by atoms with Crippen molar-refractivity contribution in [2.45, 2.75) is 26.2 Å². The summed E-state index contributed by atoms with van der Waals surface area (Å²) in [5.41, 5.74) is 1.04. The van der Waals surface area contributed by atoms with Crippen LogP contribution in [-0.2, 0) is 4.74 Å². The minimum atomic E-state index is -0.304. The summed E-state index contributed by atoms with van der Waals surface area (Å²) in [4.78, 5) is 16.9. The molecule has 0 radical (unpaired) electrons. The normalized spacial score (nSPS) is 20.3. The number of halogens is 1. The molecule has 2 fully saturated rings. The van der Waals surface area contributed by atoms with Gasteiger partial charge < -0.3 is 9.64 Å². The smallest absolute Gasteiger partial charge is 0.253 e. The van der Waals surface area contributed by atoms with Crippen LogP contribution in [0.5, 0.6) is 0 Å². The van der Waals surface area contributed by atoms with Crippen LogP contribution in [0.2, 0.25) is 0 Å². The number of rotatable bonds is 4. The van der Waals surface area contributed by atoms with Gasteiger partial charge in [-0.25, -0.2) is 4.39 Å². The highest BCUT2D eigenvalue weighted by Crippen LogP contribution is 2.23. The number of piperidine rings is 1. The third kappa shape index (κ3) is 4.33. The Morgan fingerprint density at radius 3 is 2.58 bits per heavy atom. The predicted octanol–water partition coefficient (Wildman–Crippen LogP) is 2.71. The monoisotopic (exact) mass is 334 g/mol. The van der Waals surface area contributed by atoms with Crippen LogP contribution >= 0.6 is 0 Å². The van der Waals surface area contributed by atoms with Crippen molar-refractivity contribution in [3.8, 4) is 0 Å². The van der Waals surface area contributed by atoms with Gasteiger partial charge >= 0.3 is 0 Å². The number of benzene rings is 1. The number of morpholine rings is 1. The van der Waals surface area contributed by atoms with E-state index in [2.05, 4.69) is 4.90 Å². The fraction of sp³-hybridized carbons (Fsp3) is 0.632. The Labute approximate surface area is 143 Å². The van der Waals surface area contributed by atoms with Crippen LogP contribution in [0, 0.1) is 18.7 Å². The van der Waals surface area contributed by atoms with Crippen molar-refractivity contribution in [1.82, 2.24) is 9.80 Å². The Balaban J connectivity index is 1.45. The molecule has 0 atom stereocenters. The van der Waals surface area contributed by atoms with Crippen LogP contribution < -0.4 is 0 Å². The summed E-state index contributed by atoms with van der Waals surface area (Å²) < 4.78 is 19.0. The molecule has 24 heavy (non-hydrogen) atoms. The Hall–Kier alpha value is -1.46. The van der Waals surface area contributed by atoms with Crippen LogP contribution in [0.25, 0.3) is 0 Å². The van der Waals surface area contributed by atoms with Gasteiger partial charge in [0.25, 0.3) is 5.91 Å². The molecule has 132 valence electrons. The molecule has 0 saturated carbocycles. The minimum absolute atomic E-state index is 0.0412. The van der Waals surface area contributed by atoms with E-state index in [1.165, 1.54) is 12.5 Å². The fourth-order valence-corrected chi connectivity index (χ4v) is 3.52. The lowest BCUT2D eigenvalue weighted by Crippen LogP contribution is -2.40. The van der Waals surface area contributed by atoms with E-state index in [4.69, 9.17) is 4.74 Å². The lowest BCUT2D eigenvalue weighted by molar-refractivity contribution is 0.0332. The van der Waals surface area contributed by atoms with Gasteiger partial charge in [-0.3, -0.25) is 9.69 Å². The summed E-state index contributed by atoms with van der Waals surface area (Å²) in [5, 5.41) is 0. The molecular weight excluding hydrogens is 307 g/mol. The summed E-state index contributed by atoms with van der Waals surface area (Å²) in [6.07, 6.45) is 3.29. The molecule has 3 rings (SSSR count). The van der Waals surface area contributed by atoms with Gasteiger partial charge in [0.1, 0.15) is 5.82 Å². The Bertz CT molecular complexity index is 564. The van der Waals surface area contributed by atoms with Crippen LogP contribution in [0.3, 0.4) is 0 Å². The molecule has 2 heterocycles. The second-order valence-corrected chi connectivity index (χ2v) is 6.94. The van der Waals surface area contributed by atoms with E-state index in [-0.39, 0.29) is 11.7 Å². The van der Waals surface area contributed by atoms with Crippen molar-refractivity contribution >= 4 is 5.91 Å². The van der Waals surface area contributed by atoms with Crippen molar-refractivity contribution < 1.29 is 13.9 Å². The Morgan fingerprint density at radius 2 is 1.92 bits per heavy atom. The fourth-order valence-electron chi connectivity index (χ4n) is 3.52. The van der Waals surface area contributed by atoms with Crippen molar-refractivity contribution in [2.75, 3.05) is 45.9 Å². The summed E-state index contributed by atoms with van der Waals surface area (Å²) in [6, 6.07) is 4.77. The van der Waals surface area contributed by atoms with Gasteiger partial charge in [-0.1, -0.05) is 6.07 Å². The molecule has 2 aliphatic heterocycles. The number of nitrogens with zero attached hydrogens (tertiary/aromatic N) is 2. The van der Waals surface area contributed by atoms with E-state index < -0.39 is 0 Å². The zero-order valence-electron chi connectivity index (χ0n) is 14.5. The van der Waals surface area contributed by atoms with E-state index in [0.717, 1.165) is 58.8 Å². The summed E-state index contributed by atoms with van der Waals surface area (Å²) in [6.45, 7) is 8.17. The predicted molar refractivity (Wildman–Crippen MR) is 91.6 cm³/mol. The molecule has 1 aromatic rings. The lowest BCUT2D eigenvalue weighted by Gasteiger charge is -2.34. The maximum Gasteiger partial charge on any atom is 0.253 e. The highest BCUT2D eigenvalue weighted by atomic mass is 19.1. The molecule has 2 aliphatic rings. The molecule has 1 amide bonds. The molecule has 0 aromatic heterocycles. The molecule has 2 saturated heterocycles. The number of amides is 1. The highest BCUT2D eigenvalue weighted by molar-refractivity contribution is 5.94. The maximum atomic E-state index is 13.7. The third-order valence-corrected chi connectivity index (χ3v) is 5.28. The number of hydrogen-bond donors (Lipinski definition) is 0. The van der Waals surface area contributed by atoms with Crippen molar-refractivity contribution in [3.63, 3.8) is 0 Å². The van der Waals surface area contributed by atoms with Gasteiger partial charge in [-0.15, -0.1) is 0 Å². The first-order valence-corrected chi connectivity index (χ1v) is 8.99. The maximum absolute atomic E-state index is 13.7. The molecule has 0 spiro atoms. The molecule has 4 nitrogen and oxygen atoms in total. The second kappa shape index (κ2) is 8.08. The van der Waals surface area contributed by atoms with Gasteiger partial charge in [0.15, 0.2) is 0 Å². The topological polar surface area (TPSA) is 32.8 Å². The SMILES string of the molecule is Cc1ccc(C(=O)N2CCC(CCN3CCOCC3)CC2)cc1F. The number of likely N-dealkylation sites (tertiary alicyclic amines) is 1. The second-order valence-electron chi connectivity index (χ2n) is 6.94. The number of carbonyl (C=O) groups is 1. The molecule has 0 unspecified atom stereocenters. The Morgan fingerprint density at radius 1 is 1.21 bits per heavy atom. The molecule has 0 aliphatic carbocycles. The molecule has 0 bridgehead atoms. The lowest BCUT2D eigenvalue weighted by atomic mass is 9.93. The van der Waals surface area contributed by atoms with E-state index in [1.807, 2.05) is 4.90 Å². The quantitative estimate of drug-likeness (QED) is 0.849. The van der Waals surface area contributed by atoms with Crippen molar-refractivity contribution in [2.24, 2.45) is 5.92 Å². The zero-order valence-corrected chi connectivity index (χ0v) is 14.5. The standard InChI is InChI=1S/C19H27FN2O2/c1-15-2-3-17(14-18(15)20)19(23)22-8-5-16(6-9-22)4-7-21-10-12-24-13-11-21/h2-3,14,16H,4-13H2,1H3. The van der Waals surface area contributed by atoms with Gasteiger partial charge in [0.2, 0.25) is 0 Å². The van der Waals surface area contributed by atoms with Gasteiger partial charge in [-0.05, 0) is 56.3 Å². The first-order valence-electron chi connectivity index (χ1n) is 8.99. The van der Waals surface area contributed by atoms with Gasteiger partial charge in [-0.2, -0.15) is 0 Å². The van der Waals surface area contributed by atoms with Crippen LogP contribution in [-0.4, -0.2) is 61.6 Å². The average Bonchev–Trinajstić information content (AvgIpc) is 2.63. The van der Waals surface area contributed by atoms with Crippen molar-refractivity contribution in [1.29, 1.82) is 0 Å². The van der Waals surface area contributed by atoms with E-state index in [9.17, 15) is 9.18 Å². The highest BCUT2D eigenvalue weighted by Gasteiger charge is 2.24. The largest absolute Gasteiger partial charge is 0.379 e. The van der Waals surface area contributed by atoms with E-state index in [0.29, 0.717) is 17.0 Å². The zero-order chi connectivity index (χ0) is 16.9. The molecule has 0 N–H and O–H groups in total. The van der Waals surface area contributed by atoms with E-state index >= 15 is 0 Å². The summed E-state index contributed by atoms with van der Waals surface area (Å²) >= 11 is 0. The number of hydrogen-bond acceptors (Lipinski definition) is 3. The summed E-state index contributed by atoms with van der Waals surface area (Å²) in [7, 11) is 0. The average molecular weight is 334 g/mol. The van der Waals surface area contributed by atoms with Crippen molar-refractivity contribution in [3.05, 3.63) is 35.1 Å². The first-order chi connectivity index (χ1) is 11.6. The third-order valence-electron chi connectivity index (χ3n) is 5.28. The Kier molecular flexibility index (Phi) is 5.85. The number of aryl methyl sites for hydroxylation is 1. The van der Waals surface area contributed by atoms with Crippen LogP contribution in [0.15, 0.2) is 18.2 Å². The number of carbonyl (C=O) groups excluding carboxylic acids is 1. The molecular formula is C19H27FN2O2. The molecule has 1 aromatic carbocycles. The molecule has 5 heteroatoms. The first kappa shape index (κ1) is 17.4. The summed E-state index contributed by atoms with van der Waals surface area (Å²) in [5.74, 6) is 0.341. The van der Waals surface area contributed by atoms with Crippen LogP contribution in [0.1, 0.15) is 35.2 Å². The van der Waals surface area contributed by atoms with Crippen LogP contribution in [0.4, 0.5) is 4.39 Å². The van der Waals surface area contributed by atoms with Gasteiger partial charge in [0, 0.05) is 31.7 Å². The van der Waals surface area contributed by atoms with Gasteiger partial charge in [0.05, 0.1) is 13.2 Å². The number of ether oxygens (including phenoxy) is 1. The minimum Gasteiger partial charge on any atom is -0.379 e.